The van der Waals surface area contributed by atoms with Gasteiger partial charge in [0.15, 0.2) is 0 Å². The molecule has 0 spiro atoms. The highest BCUT2D eigenvalue weighted by molar-refractivity contribution is 5.44. The number of aliphatic hydroxyl groups is 1. The third kappa shape index (κ3) is 3.72. The van der Waals surface area contributed by atoms with Crippen molar-refractivity contribution in [2.24, 2.45) is 0 Å². The maximum absolute atomic E-state index is 10.1. The number of aliphatic hydroxyl groups excluding tert-OH is 1. The summed E-state index contributed by atoms with van der Waals surface area (Å²) in [7, 11) is 1.62. The van der Waals surface area contributed by atoms with Gasteiger partial charge in [-0.05, 0) is 37.5 Å². The Kier molecular flexibility index (Phi) is 5.45. The molecule has 1 N–H and O–H groups in total. The van der Waals surface area contributed by atoms with Crippen molar-refractivity contribution in [1.82, 2.24) is 0 Å². The van der Waals surface area contributed by atoms with Crippen LogP contribution in [0, 0.1) is 13.8 Å². The Bertz CT molecular complexity index is 361. The van der Waals surface area contributed by atoms with E-state index in [-0.39, 0.29) is 0 Å². The molecule has 3 nitrogen and oxygen atoms in total. The first-order chi connectivity index (χ1) is 8.10. The van der Waals surface area contributed by atoms with Crippen LogP contribution in [-0.4, -0.2) is 25.4 Å². The molecular formula is C14H22O3. The average molecular weight is 238 g/mol. The molecule has 17 heavy (non-hydrogen) atoms. The summed E-state index contributed by atoms with van der Waals surface area (Å²) in [5.74, 6) is 0.732. The Morgan fingerprint density at radius 3 is 2.59 bits per heavy atom. The number of ether oxygens (including phenoxy) is 2. The van der Waals surface area contributed by atoms with Gasteiger partial charge in [0.05, 0.1) is 13.7 Å². The van der Waals surface area contributed by atoms with Crippen LogP contribution in [-0.2, 0) is 4.74 Å². The second-order valence-corrected chi connectivity index (χ2v) is 4.29. The first kappa shape index (κ1) is 14.0. The molecule has 0 amide bonds. The van der Waals surface area contributed by atoms with E-state index in [0.717, 1.165) is 28.9 Å². The van der Waals surface area contributed by atoms with Gasteiger partial charge in [-0.1, -0.05) is 13.0 Å². The number of rotatable bonds is 6. The predicted octanol–water partition coefficient (Wildman–Crippen LogP) is 2.77. The molecule has 0 saturated heterocycles. The highest BCUT2D eigenvalue weighted by Gasteiger charge is 2.16. The van der Waals surface area contributed by atoms with Crippen LogP contribution in [0.1, 0.15) is 36.1 Å². The van der Waals surface area contributed by atoms with Crippen molar-refractivity contribution in [2.75, 3.05) is 20.3 Å². The number of hydrogen-bond acceptors (Lipinski definition) is 3. The Hall–Kier alpha value is -1.06. The summed E-state index contributed by atoms with van der Waals surface area (Å²) in [4.78, 5) is 0. The van der Waals surface area contributed by atoms with Crippen molar-refractivity contribution in [1.29, 1.82) is 0 Å². The van der Waals surface area contributed by atoms with Gasteiger partial charge in [-0.3, -0.25) is 0 Å². The summed E-state index contributed by atoms with van der Waals surface area (Å²) in [6.07, 6.45) is 0.327. The first-order valence-corrected chi connectivity index (χ1v) is 6.01. The van der Waals surface area contributed by atoms with Crippen LogP contribution in [0.3, 0.4) is 0 Å². The van der Waals surface area contributed by atoms with Crippen LogP contribution < -0.4 is 4.74 Å². The molecule has 1 unspecified atom stereocenters. The smallest absolute Gasteiger partial charge is 0.125 e. The molecule has 0 aliphatic heterocycles. The van der Waals surface area contributed by atoms with Crippen molar-refractivity contribution >= 4 is 0 Å². The molecule has 0 aliphatic carbocycles. The van der Waals surface area contributed by atoms with Crippen LogP contribution in [0.4, 0.5) is 0 Å². The maximum atomic E-state index is 10.1. The fourth-order valence-electron chi connectivity index (χ4n) is 1.96. The zero-order valence-electron chi connectivity index (χ0n) is 11.1. The van der Waals surface area contributed by atoms with E-state index >= 15 is 0 Å². The van der Waals surface area contributed by atoms with E-state index in [1.165, 1.54) is 0 Å². The summed E-state index contributed by atoms with van der Waals surface area (Å²) in [5, 5.41) is 10.1. The summed E-state index contributed by atoms with van der Waals surface area (Å²) in [6, 6.07) is 3.98. The third-order valence-corrected chi connectivity index (χ3v) is 2.67. The van der Waals surface area contributed by atoms with E-state index in [4.69, 9.17) is 9.47 Å². The fraction of sp³-hybridized carbons (Fsp3) is 0.571. The predicted molar refractivity (Wildman–Crippen MR) is 68.5 cm³/mol. The van der Waals surface area contributed by atoms with Crippen LogP contribution in [0.15, 0.2) is 12.1 Å². The molecule has 96 valence electrons. The molecule has 3 heteroatoms. The SMILES string of the molecule is CCCOCC(O)c1c(C)cc(C)cc1OC. The summed E-state index contributed by atoms with van der Waals surface area (Å²) in [6.45, 7) is 7.02. The lowest BCUT2D eigenvalue weighted by Crippen LogP contribution is -2.11. The van der Waals surface area contributed by atoms with Crippen molar-refractivity contribution < 1.29 is 14.6 Å². The Labute approximate surface area is 103 Å². The van der Waals surface area contributed by atoms with E-state index in [9.17, 15) is 5.11 Å². The Morgan fingerprint density at radius 1 is 1.29 bits per heavy atom. The number of hydrogen-bond donors (Lipinski definition) is 1. The Morgan fingerprint density at radius 2 is 2.00 bits per heavy atom. The lowest BCUT2D eigenvalue weighted by molar-refractivity contribution is 0.0349. The maximum Gasteiger partial charge on any atom is 0.125 e. The second kappa shape index (κ2) is 6.62. The van der Waals surface area contributed by atoms with Crippen LogP contribution in [0.5, 0.6) is 5.75 Å². The number of benzene rings is 1. The summed E-state index contributed by atoms with van der Waals surface area (Å²) < 4.78 is 10.7. The van der Waals surface area contributed by atoms with Crippen molar-refractivity contribution in [3.05, 3.63) is 28.8 Å². The lowest BCUT2D eigenvalue weighted by atomic mass is 10.00. The molecule has 0 saturated carbocycles. The van der Waals surface area contributed by atoms with Gasteiger partial charge in [0.2, 0.25) is 0 Å². The van der Waals surface area contributed by atoms with E-state index in [1.54, 1.807) is 7.11 Å². The summed E-state index contributed by atoms with van der Waals surface area (Å²) >= 11 is 0. The molecule has 1 rings (SSSR count). The molecule has 0 bridgehead atoms. The largest absolute Gasteiger partial charge is 0.496 e. The van der Waals surface area contributed by atoms with Crippen LogP contribution in [0.25, 0.3) is 0 Å². The zero-order chi connectivity index (χ0) is 12.8. The number of methoxy groups -OCH3 is 1. The quantitative estimate of drug-likeness (QED) is 0.774. The average Bonchev–Trinajstić information content (AvgIpc) is 2.27. The van der Waals surface area contributed by atoms with E-state index < -0.39 is 6.10 Å². The highest BCUT2D eigenvalue weighted by atomic mass is 16.5. The standard InChI is InChI=1S/C14H22O3/c1-5-6-17-9-12(15)14-11(3)7-10(2)8-13(14)16-4/h7-8,12,15H,5-6,9H2,1-4H3. The van der Waals surface area contributed by atoms with Crippen LogP contribution >= 0.6 is 0 Å². The molecule has 0 aromatic heterocycles. The fourth-order valence-corrected chi connectivity index (χ4v) is 1.96. The topological polar surface area (TPSA) is 38.7 Å². The minimum Gasteiger partial charge on any atom is -0.496 e. The van der Waals surface area contributed by atoms with E-state index in [2.05, 4.69) is 0 Å². The van der Waals surface area contributed by atoms with Gasteiger partial charge >= 0.3 is 0 Å². The molecule has 0 aliphatic rings. The van der Waals surface area contributed by atoms with Crippen molar-refractivity contribution in [3.8, 4) is 5.75 Å². The van der Waals surface area contributed by atoms with Gasteiger partial charge in [0, 0.05) is 12.2 Å². The van der Waals surface area contributed by atoms with Gasteiger partial charge in [-0.2, -0.15) is 0 Å². The lowest BCUT2D eigenvalue weighted by Gasteiger charge is -2.18. The van der Waals surface area contributed by atoms with E-state index in [0.29, 0.717) is 13.2 Å². The van der Waals surface area contributed by atoms with Gasteiger partial charge in [0.25, 0.3) is 0 Å². The monoisotopic (exact) mass is 238 g/mol. The molecule has 1 atom stereocenters. The van der Waals surface area contributed by atoms with Crippen molar-refractivity contribution in [2.45, 2.75) is 33.3 Å². The molecular weight excluding hydrogens is 216 g/mol. The molecule has 0 fully saturated rings. The van der Waals surface area contributed by atoms with Crippen molar-refractivity contribution in [3.63, 3.8) is 0 Å². The Balaban J connectivity index is 2.87. The number of aryl methyl sites for hydroxylation is 2. The molecule has 1 aromatic carbocycles. The van der Waals surface area contributed by atoms with E-state index in [1.807, 2.05) is 32.9 Å². The molecule has 0 heterocycles. The van der Waals surface area contributed by atoms with Gasteiger partial charge in [0.1, 0.15) is 11.9 Å². The van der Waals surface area contributed by atoms with Crippen LogP contribution in [0.2, 0.25) is 0 Å². The van der Waals surface area contributed by atoms with Gasteiger partial charge < -0.3 is 14.6 Å². The minimum atomic E-state index is -0.628. The minimum absolute atomic E-state index is 0.314. The molecule has 1 aromatic rings. The normalized spacial score (nSPS) is 12.5. The van der Waals surface area contributed by atoms with Gasteiger partial charge in [-0.15, -0.1) is 0 Å². The second-order valence-electron chi connectivity index (χ2n) is 4.29. The van der Waals surface area contributed by atoms with Gasteiger partial charge in [-0.25, -0.2) is 0 Å². The third-order valence-electron chi connectivity index (χ3n) is 2.67. The first-order valence-electron chi connectivity index (χ1n) is 6.01. The zero-order valence-corrected chi connectivity index (χ0v) is 11.1. The molecule has 0 radical (unpaired) electrons. The highest BCUT2D eigenvalue weighted by Crippen LogP contribution is 2.30. The summed E-state index contributed by atoms with van der Waals surface area (Å²) in [5.41, 5.74) is 2.99.